The Morgan fingerprint density at radius 1 is 1.39 bits per heavy atom. The van der Waals surface area contributed by atoms with Crippen molar-refractivity contribution in [3.05, 3.63) is 30.1 Å². The number of nitrogens with zero attached hydrogens (tertiary/aromatic N) is 2. The number of alkyl halides is 1. The smallest absolute Gasteiger partial charge is 0.214 e. The van der Waals surface area contributed by atoms with E-state index < -0.39 is 10.0 Å². The Hall–Kier alpha value is -0.650. The normalized spacial score (nSPS) is 11.9. The van der Waals surface area contributed by atoms with Crippen LogP contribution in [0.1, 0.15) is 19.0 Å². The molecule has 1 heterocycles. The van der Waals surface area contributed by atoms with Gasteiger partial charge < -0.3 is 0 Å². The van der Waals surface area contributed by atoms with Gasteiger partial charge >= 0.3 is 0 Å². The Bertz CT molecular complexity index is 437. The molecular formula is C12H19ClN2O2S. The summed E-state index contributed by atoms with van der Waals surface area (Å²) in [7, 11) is -3.21. The highest BCUT2D eigenvalue weighted by molar-refractivity contribution is 7.89. The van der Waals surface area contributed by atoms with Crippen LogP contribution in [0.4, 0.5) is 0 Å². The highest BCUT2D eigenvalue weighted by Crippen LogP contribution is 2.06. The van der Waals surface area contributed by atoms with Gasteiger partial charge in [-0.3, -0.25) is 4.98 Å². The Morgan fingerprint density at radius 2 is 2.17 bits per heavy atom. The molecular weight excluding hydrogens is 272 g/mol. The zero-order valence-electron chi connectivity index (χ0n) is 10.5. The standard InChI is InChI=1S/C12H19ClN2O2S/c1-2-15(10-5-8-13)18(16,17)11-7-12-6-3-4-9-14-12/h3-4,6,9H,2,5,7-8,10-11H2,1H3. The van der Waals surface area contributed by atoms with Crippen LogP contribution in [-0.4, -0.2) is 42.4 Å². The molecule has 0 amide bonds. The highest BCUT2D eigenvalue weighted by atomic mass is 35.5. The number of pyridine rings is 1. The summed E-state index contributed by atoms with van der Waals surface area (Å²) in [4.78, 5) is 4.13. The van der Waals surface area contributed by atoms with Crippen molar-refractivity contribution in [1.82, 2.24) is 9.29 Å². The first kappa shape index (κ1) is 15.4. The molecule has 0 saturated carbocycles. The summed E-state index contributed by atoms with van der Waals surface area (Å²) in [5.74, 6) is 0.576. The summed E-state index contributed by atoms with van der Waals surface area (Å²) in [5.41, 5.74) is 0.800. The fraction of sp³-hybridized carbons (Fsp3) is 0.583. The van der Waals surface area contributed by atoms with E-state index in [4.69, 9.17) is 11.6 Å². The maximum absolute atomic E-state index is 12.1. The van der Waals surface area contributed by atoms with Crippen LogP contribution in [0.15, 0.2) is 24.4 Å². The minimum absolute atomic E-state index is 0.0974. The number of hydrogen-bond acceptors (Lipinski definition) is 3. The summed E-state index contributed by atoms with van der Waals surface area (Å²) in [6.07, 6.45) is 2.80. The van der Waals surface area contributed by atoms with E-state index >= 15 is 0 Å². The molecule has 102 valence electrons. The Kier molecular flexibility index (Phi) is 6.60. The van der Waals surface area contributed by atoms with E-state index in [0.29, 0.717) is 31.8 Å². The molecule has 0 atom stereocenters. The highest BCUT2D eigenvalue weighted by Gasteiger charge is 2.19. The number of aromatic nitrogens is 1. The number of rotatable bonds is 8. The summed E-state index contributed by atoms with van der Waals surface area (Å²) >= 11 is 5.59. The SMILES string of the molecule is CCN(CCCCl)S(=O)(=O)CCc1ccccn1. The van der Waals surface area contributed by atoms with E-state index in [1.54, 1.807) is 6.20 Å². The monoisotopic (exact) mass is 290 g/mol. The van der Waals surface area contributed by atoms with Gasteiger partial charge in [-0.1, -0.05) is 13.0 Å². The predicted molar refractivity (Wildman–Crippen MR) is 74.3 cm³/mol. The molecule has 0 aliphatic rings. The second-order valence-electron chi connectivity index (χ2n) is 3.92. The van der Waals surface area contributed by atoms with E-state index in [0.717, 1.165) is 5.69 Å². The number of halogens is 1. The van der Waals surface area contributed by atoms with Gasteiger partial charge in [-0.05, 0) is 18.6 Å². The molecule has 0 aliphatic heterocycles. The fourth-order valence-electron chi connectivity index (χ4n) is 1.64. The van der Waals surface area contributed by atoms with Gasteiger partial charge in [0.2, 0.25) is 10.0 Å². The van der Waals surface area contributed by atoms with Crippen LogP contribution >= 0.6 is 11.6 Å². The molecule has 0 radical (unpaired) electrons. The lowest BCUT2D eigenvalue weighted by Crippen LogP contribution is -2.34. The largest absolute Gasteiger partial charge is 0.261 e. The fourth-order valence-corrected chi connectivity index (χ4v) is 3.28. The van der Waals surface area contributed by atoms with Crippen LogP contribution in [0.2, 0.25) is 0 Å². The van der Waals surface area contributed by atoms with Crippen LogP contribution in [0, 0.1) is 0 Å². The van der Waals surface area contributed by atoms with Crippen molar-refractivity contribution in [1.29, 1.82) is 0 Å². The van der Waals surface area contributed by atoms with Crippen LogP contribution in [0.25, 0.3) is 0 Å². The molecule has 1 aromatic rings. The van der Waals surface area contributed by atoms with Crippen LogP contribution < -0.4 is 0 Å². The van der Waals surface area contributed by atoms with Gasteiger partial charge in [0.25, 0.3) is 0 Å². The Morgan fingerprint density at radius 3 is 2.72 bits per heavy atom. The lowest BCUT2D eigenvalue weighted by molar-refractivity contribution is 0.427. The molecule has 1 rings (SSSR count). The van der Waals surface area contributed by atoms with Crippen LogP contribution in [0.5, 0.6) is 0 Å². The molecule has 18 heavy (non-hydrogen) atoms. The van der Waals surface area contributed by atoms with E-state index in [1.807, 2.05) is 25.1 Å². The average molecular weight is 291 g/mol. The lowest BCUT2D eigenvalue weighted by Gasteiger charge is -2.19. The minimum Gasteiger partial charge on any atom is -0.261 e. The van der Waals surface area contributed by atoms with E-state index in [-0.39, 0.29) is 5.75 Å². The quantitative estimate of drug-likeness (QED) is 0.687. The maximum Gasteiger partial charge on any atom is 0.214 e. The van der Waals surface area contributed by atoms with Gasteiger partial charge in [-0.25, -0.2) is 12.7 Å². The molecule has 0 aromatic carbocycles. The molecule has 0 saturated heterocycles. The lowest BCUT2D eigenvalue weighted by atomic mass is 10.3. The van der Waals surface area contributed by atoms with Crippen molar-refractivity contribution in [2.45, 2.75) is 19.8 Å². The minimum atomic E-state index is -3.21. The third-order valence-electron chi connectivity index (χ3n) is 2.63. The van der Waals surface area contributed by atoms with Crippen molar-refractivity contribution in [3.8, 4) is 0 Å². The van der Waals surface area contributed by atoms with Gasteiger partial charge in [-0.2, -0.15) is 0 Å². The number of aryl methyl sites for hydroxylation is 1. The predicted octanol–water partition coefficient (Wildman–Crippen LogP) is 1.90. The Labute approximate surface area is 114 Å². The number of sulfonamides is 1. The van der Waals surface area contributed by atoms with Crippen molar-refractivity contribution < 1.29 is 8.42 Å². The average Bonchev–Trinajstić information content (AvgIpc) is 2.38. The third kappa shape index (κ3) is 4.92. The van der Waals surface area contributed by atoms with Gasteiger partial charge in [0.1, 0.15) is 0 Å². The van der Waals surface area contributed by atoms with E-state index in [9.17, 15) is 8.42 Å². The molecule has 0 fully saturated rings. The molecule has 0 unspecified atom stereocenters. The van der Waals surface area contributed by atoms with E-state index in [2.05, 4.69) is 4.98 Å². The molecule has 4 nitrogen and oxygen atoms in total. The summed E-state index contributed by atoms with van der Waals surface area (Å²) in [5, 5.41) is 0. The maximum atomic E-state index is 12.1. The van der Waals surface area contributed by atoms with Crippen molar-refractivity contribution in [3.63, 3.8) is 0 Å². The van der Waals surface area contributed by atoms with E-state index in [1.165, 1.54) is 4.31 Å². The second-order valence-corrected chi connectivity index (χ2v) is 6.39. The molecule has 6 heteroatoms. The molecule has 1 aromatic heterocycles. The zero-order chi connectivity index (χ0) is 13.4. The van der Waals surface area contributed by atoms with Crippen molar-refractivity contribution >= 4 is 21.6 Å². The molecule has 0 aliphatic carbocycles. The molecule has 0 N–H and O–H groups in total. The van der Waals surface area contributed by atoms with Crippen molar-refractivity contribution in [2.75, 3.05) is 24.7 Å². The van der Waals surface area contributed by atoms with Crippen LogP contribution in [0.3, 0.4) is 0 Å². The zero-order valence-corrected chi connectivity index (χ0v) is 12.1. The topological polar surface area (TPSA) is 50.3 Å². The molecule has 0 spiro atoms. The van der Waals surface area contributed by atoms with Gasteiger partial charge in [-0.15, -0.1) is 11.6 Å². The van der Waals surface area contributed by atoms with Crippen molar-refractivity contribution in [2.24, 2.45) is 0 Å². The van der Waals surface area contributed by atoms with Gasteiger partial charge in [0.15, 0.2) is 0 Å². The van der Waals surface area contributed by atoms with Gasteiger partial charge in [0, 0.05) is 37.3 Å². The van der Waals surface area contributed by atoms with Gasteiger partial charge in [0.05, 0.1) is 5.75 Å². The Balaban J connectivity index is 2.57. The molecule has 0 bridgehead atoms. The first-order chi connectivity index (χ1) is 8.60. The summed E-state index contributed by atoms with van der Waals surface area (Å²) < 4.78 is 25.7. The summed E-state index contributed by atoms with van der Waals surface area (Å²) in [6.45, 7) is 2.82. The first-order valence-electron chi connectivity index (χ1n) is 6.04. The van der Waals surface area contributed by atoms with Crippen LogP contribution in [-0.2, 0) is 16.4 Å². The second kappa shape index (κ2) is 7.71. The number of hydrogen-bond donors (Lipinski definition) is 0. The third-order valence-corrected chi connectivity index (χ3v) is 4.84. The summed E-state index contributed by atoms with van der Waals surface area (Å²) in [6, 6.07) is 5.52. The first-order valence-corrected chi connectivity index (χ1v) is 8.18.